The molecule has 1 aromatic carbocycles. The molecule has 0 radical (unpaired) electrons. The molecule has 3 heterocycles. The summed E-state index contributed by atoms with van der Waals surface area (Å²) in [5.74, 6) is -0.0736. The number of aromatic nitrogens is 2. The first-order valence-corrected chi connectivity index (χ1v) is 9.44. The molecule has 1 aromatic heterocycles. The highest BCUT2D eigenvalue weighted by atomic mass is 35.5. The van der Waals surface area contributed by atoms with Crippen molar-refractivity contribution in [3.63, 3.8) is 0 Å². The van der Waals surface area contributed by atoms with E-state index in [1.165, 1.54) is 12.1 Å². The highest BCUT2D eigenvalue weighted by molar-refractivity contribution is 6.31. The van der Waals surface area contributed by atoms with Crippen molar-refractivity contribution in [2.24, 2.45) is 4.99 Å². The van der Waals surface area contributed by atoms with E-state index < -0.39 is 5.82 Å². The Bertz CT molecular complexity index is 892. The minimum Gasteiger partial charge on any atom is -0.336 e. The van der Waals surface area contributed by atoms with Crippen molar-refractivity contribution >= 4 is 29.5 Å². The molecule has 7 nitrogen and oxygen atoms in total. The first kappa shape index (κ1) is 18.6. The second-order valence-corrected chi connectivity index (χ2v) is 7.11. The molecule has 9 heteroatoms. The zero-order chi connectivity index (χ0) is 19.5. The molecule has 0 aliphatic carbocycles. The number of carbonyl (C=O) groups is 1. The smallest absolute Gasteiger partial charge is 0.256 e. The van der Waals surface area contributed by atoms with Gasteiger partial charge in [0.05, 0.1) is 22.8 Å². The molecular formula is C19H20ClFN6O. The van der Waals surface area contributed by atoms with Crippen LogP contribution in [0.15, 0.2) is 47.9 Å². The summed E-state index contributed by atoms with van der Waals surface area (Å²) in [6.45, 7) is 3.25. The van der Waals surface area contributed by atoms with Gasteiger partial charge in [-0.3, -0.25) is 19.8 Å². The molecule has 1 N–H and O–H groups in total. The van der Waals surface area contributed by atoms with Crippen molar-refractivity contribution in [2.45, 2.75) is 6.04 Å². The topological polar surface area (TPSA) is 67.8 Å². The first-order valence-electron chi connectivity index (χ1n) is 9.07. The zero-order valence-electron chi connectivity index (χ0n) is 15.1. The third-order valence-corrected chi connectivity index (χ3v) is 5.27. The number of amides is 1. The van der Waals surface area contributed by atoms with E-state index in [1.807, 2.05) is 18.5 Å². The zero-order valence-corrected chi connectivity index (χ0v) is 15.9. The summed E-state index contributed by atoms with van der Waals surface area (Å²) in [7, 11) is 0. The Morgan fingerprint density at radius 1 is 1.25 bits per heavy atom. The lowest BCUT2D eigenvalue weighted by Crippen LogP contribution is -2.53. The minimum atomic E-state index is -0.656. The third kappa shape index (κ3) is 3.79. The molecule has 28 heavy (non-hydrogen) atoms. The number of anilines is 1. The second kappa shape index (κ2) is 8.12. The van der Waals surface area contributed by atoms with Gasteiger partial charge in [0.2, 0.25) is 0 Å². The standard InChI is InChI=1S/C19H20ClFN6O/c20-16-3-1-2-15(18(16)21)19(28)26-10-8-25(9-11-26)13-14-12-22-6-7-27(14)17-4-5-23-24-17/h1-7,12,14H,8-11,13H2,(H,23,24). The molecule has 1 fully saturated rings. The number of aliphatic imine (C=N–C) groups is 1. The maximum absolute atomic E-state index is 14.1. The number of aromatic amines is 1. The monoisotopic (exact) mass is 402 g/mol. The number of benzene rings is 1. The molecular weight excluding hydrogens is 383 g/mol. The van der Waals surface area contributed by atoms with Gasteiger partial charge in [-0.15, -0.1) is 0 Å². The van der Waals surface area contributed by atoms with Crippen LogP contribution in [0.5, 0.6) is 0 Å². The molecule has 0 saturated carbocycles. The fourth-order valence-electron chi connectivity index (χ4n) is 3.47. The van der Waals surface area contributed by atoms with Crippen molar-refractivity contribution in [1.29, 1.82) is 0 Å². The number of rotatable bonds is 4. The van der Waals surface area contributed by atoms with Gasteiger partial charge in [-0.25, -0.2) is 4.39 Å². The Kier molecular flexibility index (Phi) is 5.40. The van der Waals surface area contributed by atoms with E-state index in [1.54, 1.807) is 23.4 Å². The number of hydrogen-bond acceptors (Lipinski definition) is 5. The fraction of sp³-hybridized carbons (Fsp3) is 0.316. The van der Waals surface area contributed by atoms with Gasteiger partial charge in [0.1, 0.15) is 5.82 Å². The van der Waals surface area contributed by atoms with E-state index in [4.69, 9.17) is 11.6 Å². The number of halogens is 2. The van der Waals surface area contributed by atoms with Gasteiger partial charge in [-0.05, 0) is 12.1 Å². The summed E-state index contributed by atoms with van der Waals surface area (Å²) in [6.07, 6.45) is 7.28. The number of carbonyl (C=O) groups excluding carboxylic acids is 1. The first-order chi connectivity index (χ1) is 13.6. The van der Waals surface area contributed by atoms with Crippen LogP contribution in [-0.2, 0) is 0 Å². The largest absolute Gasteiger partial charge is 0.336 e. The van der Waals surface area contributed by atoms with E-state index in [0.717, 1.165) is 12.4 Å². The number of piperazine rings is 1. The molecule has 2 aliphatic rings. The van der Waals surface area contributed by atoms with Gasteiger partial charge >= 0.3 is 0 Å². The Morgan fingerprint density at radius 2 is 2.07 bits per heavy atom. The molecule has 1 amide bonds. The van der Waals surface area contributed by atoms with Crippen LogP contribution in [0.2, 0.25) is 5.02 Å². The molecule has 2 aliphatic heterocycles. The average Bonchev–Trinajstić information content (AvgIpc) is 3.25. The fourth-order valence-corrected chi connectivity index (χ4v) is 3.64. The lowest BCUT2D eigenvalue weighted by Gasteiger charge is -2.38. The van der Waals surface area contributed by atoms with E-state index in [2.05, 4.69) is 25.0 Å². The van der Waals surface area contributed by atoms with Crippen LogP contribution in [0.4, 0.5) is 10.2 Å². The van der Waals surface area contributed by atoms with Crippen LogP contribution in [-0.4, -0.2) is 70.9 Å². The van der Waals surface area contributed by atoms with Gasteiger partial charge in [0.25, 0.3) is 5.91 Å². The maximum atomic E-state index is 14.1. The van der Waals surface area contributed by atoms with E-state index >= 15 is 0 Å². The summed E-state index contributed by atoms with van der Waals surface area (Å²) >= 11 is 5.80. The summed E-state index contributed by atoms with van der Waals surface area (Å²) in [4.78, 5) is 22.9. The van der Waals surface area contributed by atoms with Gasteiger partial charge in [0, 0.05) is 57.4 Å². The van der Waals surface area contributed by atoms with E-state index in [-0.39, 0.29) is 22.5 Å². The van der Waals surface area contributed by atoms with Crippen LogP contribution in [0.3, 0.4) is 0 Å². The number of nitrogens with zero attached hydrogens (tertiary/aromatic N) is 5. The number of H-pyrrole nitrogens is 1. The summed E-state index contributed by atoms with van der Waals surface area (Å²) in [5.41, 5.74) is 0.0240. The van der Waals surface area contributed by atoms with Crippen LogP contribution < -0.4 is 4.90 Å². The Morgan fingerprint density at radius 3 is 2.82 bits per heavy atom. The maximum Gasteiger partial charge on any atom is 0.256 e. The summed E-state index contributed by atoms with van der Waals surface area (Å²) in [6, 6.07) is 6.49. The lowest BCUT2D eigenvalue weighted by atomic mass is 10.1. The van der Waals surface area contributed by atoms with Crippen LogP contribution >= 0.6 is 11.6 Å². The van der Waals surface area contributed by atoms with Gasteiger partial charge in [-0.2, -0.15) is 5.10 Å². The molecule has 2 aromatic rings. The van der Waals surface area contributed by atoms with Crippen LogP contribution in [0, 0.1) is 5.82 Å². The van der Waals surface area contributed by atoms with Crippen molar-refractivity contribution in [1.82, 2.24) is 20.0 Å². The Hall–Kier alpha value is -2.71. The molecule has 1 atom stereocenters. The van der Waals surface area contributed by atoms with Gasteiger partial charge in [-0.1, -0.05) is 17.7 Å². The predicted molar refractivity (Wildman–Crippen MR) is 106 cm³/mol. The second-order valence-electron chi connectivity index (χ2n) is 6.71. The Balaban J connectivity index is 1.36. The third-order valence-electron chi connectivity index (χ3n) is 4.98. The molecule has 0 bridgehead atoms. The van der Waals surface area contributed by atoms with E-state index in [0.29, 0.717) is 26.2 Å². The molecule has 0 spiro atoms. The predicted octanol–water partition coefficient (Wildman–Crippen LogP) is 2.39. The summed E-state index contributed by atoms with van der Waals surface area (Å²) < 4.78 is 14.1. The normalized spacial score (nSPS) is 20.0. The Labute approximate surface area is 167 Å². The SMILES string of the molecule is O=C(c1cccc(Cl)c1F)N1CCN(CC2C=NC=CN2c2ccn[nH]2)CC1. The molecule has 1 unspecified atom stereocenters. The van der Waals surface area contributed by atoms with E-state index in [9.17, 15) is 9.18 Å². The van der Waals surface area contributed by atoms with Gasteiger partial charge < -0.3 is 9.80 Å². The minimum absolute atomic E-state index is 0.0240. The van der Waals surface area contributed by atoms with Crippen molar-refractivity contribution in [2.75, 3.05) is 37.6 Å². The quantitative estimate of drug-likeness (QED) is 0.852. The highest BCUT2D eigenvalue weighted by Crippen LogP contribution is 2.21. The molecule has 4 rings (SSSR count). The lowest BCUT2D eigenvalue weighted by molar-refractivity contribution is 0.0632. The van der Waals surface area contributed by atoms with Crippen molar-refractivity contribution in [3.8, 4) is 0 Å². The number of hydrogen-bond donors (Lipinski definition) is 1. The summed E-state index contributed by atoms with van der Waals surface area (Å²) in [5, 5.41) is 6.94. The van der Waals surface area contributed by atoms with Crippen molar-refractivity contribution in [3.05, 3.63) is 59.3 Å². The number of nitrogens with one attached hydrogen (secondary N) is 1. The van der Waals surface area contributed by atoms with Crippen molar-refractivity contribution < 1.29 is 9.18 Å². The molecule has 1 saturated heterocycles. The highest BCUT2D eigenvalue weighted by Gasteiger charge is 2.27. The van der Waals surface area contributed by atoms with Crippen LogP contribution in [0.25, 0.3) is 0 Å². The average molecular weight is 403 g/mol. The van der Waals surface area contributed by atoms with Gasteiger partial charge in [0.15, 0.2) is 5.82 Å². The molecule has 146 valence electrons. The van der Waals surface area contributed by atoms with Crippen LogP contribution in [0.1, 0.15) is 10.4 Å².